The second-order valence-corrected chi connectivity index (χ2v) is 13.9. The van der Waals surface area contributed by atoms with Crippen molar-refractivity contribution in [2.45, 2.75) is 57.9 Å². The third-order valence-electron chi connectivity index (χ3n) is 10.5. The van der Waals surface area contributed by atoms with Gasteiger partial charge in [-0.1, -0.05) is 32.0 Å². The molecule has 3 aliphatic rings. The van der Waals surface area contributed by atoms with Gasteiger partial charge in [-0.05, 0) is 73.5 Å². The second kappa shape index (κ2) is 12.7. The lowest BCUT2D eigenvalue weighted by Gasteiger charge is -2.49. The van der Waals surface area contributed by atoms with E-state index in [4.69, 9.17) is 20.7 Å². The Hall–Kier alpha value is -4.29. The molecule has 3 aliphatic heterocycles. The highest BCUT2D eigenvalue weighted by molar-refractivity contribution is 5.98. The van der Waals surface area contributed by atoms with Gasteiger partial charge in [0.1, 0.15) is 35.5 Å². The van der Waals surface area contributed by atoms with Crippen LogP contribution in [0.3, 0.4) is 0 Å². The Morgan fingerprint density at radius 1 is 0.936 bits per heavy atom. The van der Waals surface area contributed by atoms with Crippen LogP contribution in [0.1, 0.15) is 33.1 Å². The zero-order chi connectivity index (χ0) is 32.7. The summed E-state index contributed by atoms with van der Waals surface area (Å²) in [5, 5.41) is 14.8. The van der Waals surface area contributed by atoms with Crippen LogP contribution in [0, 0.1) is 11.3 Å². The number of fused-ring (bicyclic) bond motifs is 1. The Kier molecular flexibility index (Phi) is 8.48. The molecule has 11 nitrogen and oxygen atoms in total. The third kappa shape index (κ3) is 6.36. The predicted molar refractivity (Wildman–Crippen MR) is 178 cm³/mol. The van der Waals surface area contributed by atoms with E-state index in [1.54, 1.807) is 0 Å². The van der Waals surface area contributed by atoms with Crippen LogP contribution in [0.2, 0.25) is 0 Å². The van der Waals surface area contributed by atoms with E-state index in [-0.39, 0.29) is 5.92 Å². The van der Waals surface area contributed by atoms with E-state index in [1.165, 1.54) is 11.2 Å². The normalized spacial score (nSPS) is 22.0. The number of likely N-dealkylation sites (tertiary alicyclic amines) is 3. The maximum absolute atomic E-state index is 16.1. The first-order chi connectivity index (χ1) is 22.7. The number of alkyl halides is 1. The number of nitrogens with zero attached hydrogens (tertiary/aromatic N) is 7. The van der Waals surface area contributed by atoms with E-state index >= 15 is 4.39 Å². The molecular weight excluding hydrogens is 599 g/mol. The lowest BCUT2D eigenvalue weighted by molar-refractivity contribution is -0.0287. The number of ether oxygens (including phenoxy) is 1. The maximum atomic E-state index is 16.1. The number of nitrogens with two attached hydrogens (primary N) is 1. The van der Waals surface area contributed by atoms with Crippen molar-refractivity contribution < 1.29 is 19.0 Å². The first kappa shape index (κ1) is 31.3. The molecule has 2 atom stereocenters. The van der Waals surface area contributed by atoms with Crippen molar-refractivity contribution >= 4 is 22.9 Å². The highest BCUT2D eigenvalue weighted by Crippen LogP contribution is 2.41. The number of halogens is 1. The molecule has 0 unspecified atom stereocenters. The van der Waals surface area contributed by atoms with Gasteiger partial charge in [-0.15, -0.1) is 0 Å². The van der Waals surface area contributed by atoms with Crippen molar-refractivity contribution in [3.63, 3.8) is 0 Å². The first-order valence-electron chi connectivity index (χ1n) is 16.6. The van der Waals surface area contributed by atoms with Gasteiger partial charge in [-0.25, -0.2) is 23.8 Å². The first-order valence-corrected chi connectivity index (χ1v) is 16.6. The molecule has 3 fully saturated rings. The summed E-state index contributed by atoms with van der Waals surface area (Å²) < 4.78 is 23.9. The van der Waals surface area contributed by atoms with Gasteiger partial charge in [-0.2, -0.15) is 5.10 Å². The minimum Gasteiger partial charge on any atom is -0.465 e. The van der Waals surface area contributed by atoms with Gasteiger partial charge in [0.25, 0.3) is 0 Å². The fourth-order valence-corrected chi connectivity index (χ4v) is 7.75. The average Bonchev–Trinajstić information content (AvgIpc) is 3.40. The number of amides is 1. The number of anilines is 1. The molecule has 0 radical (unpaired) electrons. The zero-order valence-electron chi connectivity index (χ0n) is 27.0. The molecule has 3 N–H and O–H groups in total. The minimum atomic E-state index is -0.953. The summed E-state index contributed by atoms with van der Waals surface area (Å²) in [5.41, 5.74) is 8.20. The van der Waals surface area contributed by atoms with Crippen LogP contribution in [0.25, 0.3) is 22.3 Å². The summed E-state index contributed by atoms with van der Waals surface area (Å²) in [6, 6.07) is 18.0. The number of carbonyl (C=O) groups is 1. The summed E-state index contributed by atoms with van der Waals surface area (Å²) in [5.74, 6) is 1.70. The number of benzene rings is 2. The molecule has 2 aromatic carbocycles. The highest BCUT2D eigenvalue weighted by Gasteiger charge is 2.43. The van der Waals surface area contributed by atoms with Crippen molar-refractivity contribution in [3.05, 3.63) is 60.9 Å². The molecule has 47 heavy (non-hydrogen) atoms. The van der Waals surface area contributed by atoms with Gasteiger partial charge in [0.2, 0.25) is 0 Å². The molecule has 7 rings (SSSR count). The van der Waals surface area contributed by atoms with E-state index in [0.29, 0.717) is 66.6 Å². The van der Waals surface area contributed by atoms with Crippen LogP contribution in [0.5, 0.6) is 11.5 Å². The van der Waals surface area contributed by atoms with E-state index in [0.717, 1.165) is 50.2 Å². The molecule has 3 saturated heterocycles. The molecule has 1 amide bonds. The molecule has 12 heteroatoms. The molecular formula is C35H43FN8O3. The molecule has 5 heterocycles. The van der Waals surface area contributed by atoms with E-state index in [9.17, 15) is 4.79 Å². The largest absolute Gasteiger partial charge is 0.465 e. The number of nitrogen functional groups attached to an aromatic ring is 1. The van der Waals surface area contributed by atoms with Crippen LogP contribution < -0.4 is 10.5 Å². The van der Waals surface area contributed by atoms with Crippen molar-refractivity contribution in [2.24, 2.45) is 11.3 Å². The number of aromatic nitrogens is 4. The summed E-state index contributed by atoms with van der Waals surface area (Å²) >= 11 is 0. The summed E-state index contributed by atoms with van der Waals surface area (Å²) in [6.07, 6.45) is 2.43. The molecule has 248 valence electrons. The quantitative estimate of drug-likeness (QED) is 0.261. The Morgan fingerprint density at radius 2 is 1.62 bits per heavy atom. The fraction of sp³-hybridized carbons (Fsp3) is 0.486. The molecule has 2 aromatic heterocycles. The molecule has 0 saturated carbocycles. The Bertz CT molecular complexity index is 1700. The van der Waals surface area contributed by atoms with Gasteiger partial charge in [-0.3, -0.25) is 9.80 Å². The number of rotatable bonds is 8. The van der Waals surface area contributed by atoms with E-state index < -0.39 is 17.7 Å². The van der Waals surface area contributed by atoms with Gasteiger partial charge in [0.05, 0.1) is 5.39 Å². The van der Waals surface area contributed by atoms with Crippen LogP contribution >= 0.6 is 0 Å². The maximum Gasteiger partial charge on any atom is 0.407 e. The van der Waals surface area contributed by atoms with Crippen molar-refractivity contribution in [2.75, 3.05) is 45.0 Å². The summed E-state index contributed by atoms with van der Waals surface area (Å²) in [6.45, 7) is 9.12. The molecule has 0 aliphatic carbocycles. The number of hydrogen-bond acceptors (Lipinski definition) is 8. The van der Waals surface area contributed by atoms with E-state index in [2.05, 4.69) is 33.6 Å². The zero-order valence-corrected chi connectivity index (χ0v) is 27.0. The van der Waals surface area contributed by atoms with Crippen molar-refractivity contribution in [1.82, 2.24) is 34.4 Å². The standard InChI is InChI=1S/C35H43FN8O3/c1-35(2,28-14-17-42(20-29(28)36)24-12-15-41(16-13-24)25-18-43(19-25)34(45)46)21-44-33-30(32(37)38-22-39-33)31(40-44)23-8-10-27(11-9-23)47-26-6-4-3-5-7-26/h3-11,22,24-25,28-29H,12-21H2,1-2H3,(H,45,46)(H2,37,38,39)/t28-,29+/m1/s1. The van der Waals surface area contributed by atoms with Crippen LogP contribution in [-0.4, -0.2) is 103 Å². The smallest absolute Gasteiger partial charge is 0.407 e. The lowest BCUT2D eigenvalue weighted by atomic mass is 9.72. The van der Waals surface area contributed by atoms with E-state index in [1.807, 2.05) is 59.3 Å². The Balaban J connectivity index is 1.01. The van der Waals surface area contributed by atoms with Crippen LogP contribution in [0.15, 0.2) is 60.9 Å². The van der Waals surface area contributed by atoms with Crippen molar-refractivity contribution in [3.8, 4) is 22.8 Å². The SMILES string of the molecule is CC(C)(Cn1nc(-c2ccc(Oc3ccccc3)cc2)c2c(N)ncnc21)[C@@H]1CCN(C2CCN(C3CN(C(=O)O)C3)CC2)C[C@@H]1F. The summed E-state index contributed by atoms with van der Waals surface area (Å²) in [7, 11) is 0. The number of hydrogen-bond donors (Lipinski definition) is 2. The van der Waals surface area contributed by atoms with Gasteiger partial charge in [0.15, 0.2) is 5.65 Å². The number of carboxylic acid groups (broad SMARTS) is 1. The Morgan fingerprint density at radius 3 is 2.30 bits per heavy atom. The van der Waals surface area contributed by atoms with Crippen LogP contribution in [0.4, 0.5) is 15.0 Å². The predicted octanol–water partition coefficient (Wildman–Crippen LogP) is 5.38. The van der Waals surface area contributed by atoms with Gasteiger partial charge in [0, 0.05) is 56.9 Å². The number of para-hydroxylation sites is 1. The lowest BCUT2D eigenvalue weighted by Crippen LogP contribution is -2.63. The highest BCUT2D eigenvalue weighted by atomic mass is 19.1. The minimum absolute atomic E-state index is 0.132. The monoisotopic (exact) mass is 642 g/mol. The summed E-state index contributed by atoms with van der Waals surface area (Å²) in [4.78, 5) is 26.2. The topological polar surface area (TPSA) is 126 Å². The van der Waals surface area contributed by atoms with Crippen molar-refractivity contribution in [1.29, 1.82) is 0 Å². The average molecular weight is 643 g/mol. The van der Waals surface area contributed by atoms with Crippen LogP contribution in [-0.2, 0) is 6.54 Å². The van der Waals surface area contributed by atoms with Gasteiger partial charge >= 0.3 is 6.09 Å². The number of piperidine rings is 2. The molecule has 0 spiro atoms. The Labute approximate surface area is 274 Å². The third-order valence-corrected chi connectivity index (χ3v) is 10.5. The fourth-order valence-electron chi connectivity index (χ4n) is 7.75. The molecule has 4 aromatic rings. The van der Waals surface area contributed by atoms with Gasteiger partial charge < -0.3 is 20.5 Å². The molecule has 0 bridgehead atoms. The second-order valence-electron chi connectivity index (χ2n) is 13.9.